The summed E-state index contributed by atoms with van der Waals surface area (Å²) < 4.78 is 12.1. The molecule has 8 heteroatoms. The van der Waals surface area contributed by atoms with Gasteiger partial charge in [0.25, 0.3) is 5.89 Å². The van der Waals surface area contributed by atoms with E-state index in [1.165, 1.54) is 0 Å². The molecule has 4 rings (SSSR count). The molecule has 0 unspecified atom stereocenters. The number of anilines is 1. The summed E-state index contributed by atoms with van der Waals surface area (Å²) in [6.45, 7) is 2.08. The van der Waals surface area contributed by atoms with Gasteiger partial charge in [-0.3, -0.25) is 4.79 Å². The minimum Gasteiger partial charge on any atom is -0.497 e. The molecule has 0 aliphatic rings. The predicted octanol–water partition coefficient (Wildman–Crippen LogP) is 3.56. The van der Waals surface area contributed by atoms with Crippen LogP contribution in [-0.2, 0) is 11.3 Å². The van der Waals surface area contributed by atoms with Crippen LogP contribution in [0.5, 0.6) is 5.75 Å². The van der Waals surface area contributed by atoms with Gasteiger partial charge in [0.2, 0.25) is 11.7 Å². The van der Waals surface area contributed by atoms with Gasteiger partial charge in [0.15, 0.2) is 0 Å². The van der Waals surface area contributed by atoms with Crippen molar-refractivity contribution >= 4 is 11.6 Å². The molecule has 2 aromatic carbocycles. The van der Waals surface area contributed by atoms with Crippen molar-refractivity contribution in [3.8, 4) is 28.7 Å². The molecule has 0 saturated heterocycles. The molecule has 2 aromatic heterocycles. The van der Waals surface area contributed by atoms with Gasteiger partial charge >= 0.3 is 0 Å². The Morgan fingerprint density at radius 2 is 1.97 bits per heavy atom. The summed E-state index contributed by atoms with van der Waals surface area (Å²) in [5.41, 5.74) is 3.10. The Morgan fingerprint density at radius 3 is 2.72 bits per heavy atom. The maximum absolute atomic E-state index is 12.3. The van der Waals surface area contributed by atoms with Crippen molar-refractivity contribution in [3.05, 3.63) is 66.6 Å². The lowest BCUT2D eigenvalue weighted by Gasteiger charge is -2.08. The first-order valence-electron chi connectivity index (χ1n) is 8.98. The van der Waals surface area contributed by atoms with E-state index < -0.39 is 0 Å². The summed E-state index contributed by atoms with van der Waals surface area (Å²) in [6.07, 6.45) is 3.27. The summed E-state index contributed by atoms with van der Waals surface area (Å²) in [5, 5.41) is 6.88. The van der Waals surface area contributed by atoms with Crippen LogP contribution in [0.2, 0.25) is 0 Å². The average molecular weight is 389 g/mol. The number of amides is 1. The summed E-state index contributed by atoms with van der Waals surface area (Å²) in [6, 6.07) is 14.9. The minimum atomic E-state index is -0.143. The first kappa shape index (κ1) is 18.4. The summed E-state index contributed by atoms with van der Waals surface area (Å²) >= 11 is 0. The lowest BCUT2D eigenvalue weighted by Crippen LogP contribution is -2.18. The van der Waals surface area contributed by atoms with Gasteiger partial charge in [0.1, 0.15) is 18.0 Å². The molecule has 146 valence electrons. The smallest absolute Gasteiger partial charge is 0.258 e. The number of rotatable bonds is 6. The van der Waals surface area contributed by atoms with Crippen LogP contribution in [0.25, 0.3) is 23.0 Å². The monoisotopic (exact) mass is 389 g/mol. The normalized spacial score (nSPS) is 10.7. The number of aromatic nitrogens is 4. The van der Waals surface area contributed by atoms with Crippen LogP contribution < -0.4 is 10.1 Å². The number of aryl methyl sites for hydroxylation is 1. The number of benzene rings is 2. The van der Waals surface area contributed by atoms with Crippen LogP contribution in [0.4, 0.5) is 5.69 Å². The zero-order valence-electron chi connectivity index (χ0n) is 16.0. The van der Waals surface area contributed by atoms with Crippen LogP contribution >= 0.6 is 0 Å². The van der Waals surface area contributed by atoms with Crippen molar-refractivity contribution in [1.29, 1.82) is 0 Å². The molecular weight excluding hydrogens is 370 g/mol. The molecule has 1 amide bonds. The summed E-state index contributed by atoms with van der Waals surface area (Å²) in [4.78, 5) is 21.0. The molecule has 0 atom stereocenters. The molecule has 0 radical (unpaired) electrons. The zero-order chi connectivity index (χ0) is 20.2. The molecule has 29 heavy (non-hydrogen) atoms. The van der Waals surface area contributed by atoms with Gasteiger partial charge < -0.3 is 19.1 Å². The zero-order valence-corrected chi connectivity index (χ0v) is 16.0. The van der Waals surface area contributed by atoms with Crippen LogP contribution in [0.3, 0.4) is 0 Å². The topological polar surface area (TPSA) is 95.1 Å². The lowest BCUT2D eigenvalue weighted by atomic mass is 10.2. The Hall–Kier alpha value is -3.94. The van der Waals surface area contributed by atoms with Crippen molar-refractivity contribution < 1.29 is 14.1 Å². The highest BCUT2D eigenvalue weighted by molar-refractivity contribution is 5.91. The molecule has 8 nitrogen and oxygen atoms in total. The van der Waals surface area contributed by atoms with E-state index in [4.69, 9.17) is 9.26 Å². The van der Waals surface area contributed by atoms with Crippen LogP contribution in [0.1, 0.15) is 5.56 Å². The van der Waals surface area contributed by atoms with Gasteiger partial charge in [-0.25, -0.2) is 4.98 Å². The third-order valence-corrected chi connectivity index (χ3v) is 4.37. The Morgan fingerprint density at radius 1 is 1.17 bits per heavy atom. The summed E-state index contributed by atoms with van der Waals surface area (Å²) in [7, 11) is 1.61. The molecule has 4 aromatic rings. The summed E-state index contributed by atoms with van der Waals surface area (Å²) in [5.74, 6) is 1.34. The van der Waals surface area contributed by atoms with Crippen molar-refractivity contribution in [2.24, 2.45) is 0 Å². The maximum atomic E-state index is 12.3. The molecule has 0 fully saturated rings. The largest absolute Gasteiger partial charge is 0.497 e. The molecular formula is C21H19N5O3. The Bertz CT molecular complexity index is 1130. The van der Waals surface area contributed by atoms with E-state index in [0.717, 1.165) is 22.6 Å². The molecule has 0 spiro atoms. The van der Waals surface area contributed by atoms with Gasteiger partial charge in [0.05, 0.1) is 13.4 Å². The Kier molecular flexibility index (Phi) is 5.07. The number of nitrogens with one attached hydrogen (secondary N) is 1. The Balaban J connectivity index is 1.44. The number of hydrogen-bond donors (Lipinski definition) is 1. The molecule has 0 aliphatic carbocycles. The highest BCUT2D eigenvalue weighted by atomic mass is 16.5. The second-order valence-electron chi connectivity index (χ2n) is 6.45. The van der Waals surface area contributed by atoms with Crippen LogP contribution in [0.15, 0.2) is 65.6 Å². The third-order valence-electron chi connectivity index (χ3n) is 4.37. The van der Waals surface area contributed by atoms with Gasteiger partial charge in [-0.2, -0.15) is 4.98 Å². The maximum Gasteiger partial charge on any atom is 0.258 e. The highest BCUT2D eigenvalue weighted by Crippen LogP contribution is 2.23. The quantitative estimate of drug-likeness (QED) is 0.542. The molecule has 0 aliphatic heterocycles. The van der Waals surface area contributed by atoms with Gasteiger partial charge in [0, 0.05) is 17.4 Å². The second kappa shape index (κ2) is 7.97. The number of carbonyl (C=O) groups is 1. The van der Waals surface area contributed by atoms with E-state index in [1.54, 1.807) is 24.2 Å². The van der Waals surface area contributed by atoms with Crippen LogP contribution in [0, 0.1) is 6.92 Å². The van der Waals surface area contributed by atoms with E-state index in [1.807, 2.05) is 55.5 Å². The van der Waals surface area contributed by atoms with E-state index in [0.29, 0.717) is 17.4 Å². The van der Waals surface area contributed by atoms with Crippen molar-refractivity contribution in [1.82, 2.24) is 19.7 Å². The van der Waals surface area contributed by atoms with Crippen molar-refractivity contribution in [3.63, 3.8) is 0 Å². The number of hydrogen-bond acceptors (Lipinski definition) is 6. The molecule has 0 saturated carbocycles. The lowest BCUT2D eigenvalue weighted by molar-refractivity contribution is -0.116. The van der Waals surface area contributed by atoms with Gasteiger partial charge in [-0.05, 0) is 42.8 Å². The van der Waals surface area contributed by atoms with Gasteiger partial charge in [-0.15, -0.1) is 0 Å². The SMILES string of the molecule is COc1ccc(-c2nc(-c3cn(CC(=O)Nc4ccccc4C)cn3)no2)cc1. The number of para-hydroxylation sites is 1. The first-order chi connectivity index (χ1) is 14.1. The first-order valence-corrected chi connectivity index (χ1v) is 8.98. The fourth-order valence-corrected chi connectivity index (χ4v) is 2.81. The highest BCUT2D eigenvalue weighted by Gasteiger charge is 2.14. The third kappa shape index (κ3) is 4.16. The van der Waals surface area contributed by atoms with Gasteiger partial charge in [-0.1, -0.05) is 23.4 Å². The number of ether oxygens (including phenoxy) is 1. The number of nitrogens with zero attached hydrogens (tertiary/aromatic N) is 4. The van der Waals surface area contributed by atoms with E-state index in [9.17, 15) is 4.79 Å². The minimum absolute atomic E-state index is 0.129. The molecule has 1 N–H and O–H groups in total. The number of imidazole rings is 1. The van der Waals surface area contributed by atoms with E-state index in [-0.39, 0.29) is 12.5 Å². The molecule has 0 bridgehead atoms. The molecule has 2 heterocycles. The average Bonchev–Trinajstić information content (AvgIpc) is 3.39. The van der Waals surface area contributed by atoms with E-state index >= 15 is 0 Å². The fourth-order valence-electron chi connectivity index (χ4n) is 2.81. The van der Waals surface area contributed by atoms with E-state index in [2.05, 4.69) is 20.4 Å². The Labute approximate surface area is 167 Å². The van der Waals surface area contributed by atoms with Crippen molar-refractivity contribution in [2.75, 3.05) is 12.4 Å². The second-order valence-corrected chi connectivity index (χ2v) is 6.45. The van der Waals surface area contributed by atoms with Crippen molar-refractivity contribution in [2.45, 2.75) is 13.5 Å². The predicted molar refractivity (Wildman–Crippen MR) is 107 cm³/mol. The number of methoxy groups -OCH3 is 1. The fraction of sp³-hybridized carbons (Fsp3) is 0.143. The number of carbonyl (C=O) groups excluding carboxylic acids is 1. The standard InChI is InChI=1S/C21H19N5O3/c1-14-5-3-4-6-17(14)23-19(27)12-26-11-18(22-13-26)20-24-21(29-25-20)15-7-9-16(28-2)10-8-15/h3-11,13H,12H2,1-2H3,(H,23,27). The van der Waals surface area contributed by atoms with Crippen LogP contribution in [-0.4, -0.2) is 32.7 Å².